The van der Waals surface area contributed by atoms with Crippen LogP contribution in [0.15, 0.2) is 69.2 Å². The van der Waals surface area contributed by atoms with E-state index in [4.69, 9.17) is 0 Å². The molecule has 0 spiro atoms. The first-order valence-electron chi connectivity index (χ1n) is 9.77. The molecule has 3 rings (SSSR count). The molecule has 1 amide bonds. The molecule has 1 aromatic heterocycles. The summed E-state index contributed by atoms with van der Waals surface area (Å²) in [5.41, 5.74) is -1.65. The van der Waals surface area contributed by atoms with Crippen LogP contribution >= 0.6 is 0 Å². The van der Waals surface area contributed by atoms with Crippen molar-refractivity contribution in [1.82, 2.24) is 9.55 Å². The van der Waals surface area contributed by atoms with Crippen molar-refractivity contribution in [2.45, 2.75) is 26.1 Å². The van der Waals surface area contributed by atoms with Crippen molar-refractivity contribution in [3.05, 3.63) is 86.6 Å². The minimum Gasteiger partial charge on any atom is -0.494 e. The fraction of sp³-hybridized carbons (Fsp3) is 0.182. The SMILES string of the molecule is CCC(=Nc1ccccc1NC(=O)C(F)(F)F)c1c(O)n(Cc2ccccc2)c(=O)[nH]c1=O. The van der Waals surface area contributed by atoms with Gasteiger partial charge in [0.15, 0.2) is 0 Å². The Morgan fingerprint density at radius 3 is 2.36 bits per heavy atom. The lowest BCUT2D eigenvalue weighted by atomic mass is 10.1. The smallest absolute Gasteiger partial charge is 0.471 e. The van der Waals surface area contributed by atoms with E-state index in [-0.39, 0.29) is 35.6 Å². The minimum absolute atomic E-state index is 0.00395. The molecule has 33 heavy (non-hydrogen) atoms. The Morgan fingerprint density at radius 2 is 1.73 bits per heavy atom. The lowest BCUT2D eigenvalue weighted by Crippen LogP contribution is -2.34. The molecule has 0 unspecified atom stereocenters. The van der Waals surface area contributed by atoms with Crippen LogP contribution in [0.1, 0.15) is 24.5 Å². The van der Waals surface area contributed by atoms with Crippen LogP contribution in [0.2, 0.25) is 0 Å². The van der Waals surface area contributed by atoms with Crippen molar-refractivity contribution in [2.24, 2.45) is 4.99 Å². The van der Waals surface area contributed by atoms with Gasteiger partial charge >= 0.3 is 17.8 Å². The number of hydrogen-bond donors (Lipinski definition) is 3. The molecule has 11 heteroatoms. The quantitative estimate of drug-likeness (QED) is 0.489. The van der Waals surface area contributed by atoms with Gasteiger partial charge in [0.1, 0.15) is 5.56 Å². The van der Waals surface area contributed by atoms with Gasteiger partial charge in [0.25, 0.3) is 5.56 Å². The first-order valence-corrected chi connectivity index (χ1v) is 9.77. The highest BCUT2D eigenvalue weighted by molar-refractivity contribution is 6.05. The van der Waals surface area contributed by atoms with Crippen molar-refractivity contribution in [3.8, 4) is 5.88 Å². The first-order chi connectivity index (χ1) is 15.6. The minimum atomic E-state index is -5.10. The van der Waals surface area contributed by atoms with E-state index in [1.165, 1.54) is 24.3 Å². The van der Waals surface area contributed by atoms with Crippen LogP contribution in [0.4, 0.5) is 24.5 Å². The number of rotatable bonds is 6. The second-order valence-corrected chi connectivity index (χ2v) is 6.91. The summed E-state index contributed by atoms with van der Waals surface area (Å²) in [5.74, 6) is -2.81. The van der Waals surface area contributed by atoms with Crippen LogP contribution < -0.4 is 16.6 Å². The number of benzene rings is 2. The van der Waals surface area contributed by atoms with E-state index in [9.17, 15) is 32.7 Å². The van der Waals surface area contributed by atoms with Crippen molar-refractivity contribution in [3.63, 3.8) is 0 Å². The van der Waals surface area contributed by atoms with E-state index in [2.05, 4.69) is 9.98 Å². The first kappa shape index (κ1) is 23.5. The Bertz CT molecular complexity index is 1310. The zero-order valence-corrected chi connectivity index (χ0v) is 17.3. The van der Waals surface area contributed by atoms with E-state index in [1.54, 1.807) is 42.6 Å². The summed E-state index contributed by atoms with van der Waals surface area (Å²) in [6, 6.07) is 14.2. The van der Waals surface area contributed by atoms with Crippen LogP contribution in [0.3, 0.4) is 0 Å². The van der Waals surface area contributed by atoms with Gasteiger partial charge in [-0.05, 0) is 24.1 Å². The van der Waals surface area contributed by atoms with Crippen LogP contribution in [-0.4, -0.2) is 32.5 Å². The number of aromatic nitrogens is 2. The summed E-state index contributed by atoms with van der Waals surface area (Å²) >= 11 is 0. The summed E-state index contributed by atoms with van der Waals surface area (Å²) in [7, 11) is 0. The number of carbonyl (C=O) groups excluding carboxylic acids is 1. The van der Waals surface area contributed by atoms with E-state index < -0.39 is 29.2 Å². The highest BCUT2D eigenvalue weighted by atomic mass is 19.4. The number of alkyl halides is 3. The van der Waals surface area contributed by atoms with Crippen molar-refractivity contribution >= 4 is 23.0 Å². The van der Waals surface area contributed by atoms with Crippen LogP contribution in [-0.2, 0) is 11.3 Å². The third-order valence-corrected chi connectivity index (χ3v) is 4.64. The number of carbonyl (C=O) groups is 1. The number of aromatic hydroxyl groups is 1. The Morgan fingerprint density at radius 1 is 1.09 bits per heavy atom. The highest BCUT2D eigenvalue weighted by Gasteiger charge is 2.39. The number of nitrogens with zero attached hydrogens (tertiary/aromatic N) is 2. The van der Waals surface area contributed by atoms with E-state index in [1.807, 2.05) is 0 Å². The normalized spacial score (nSPS) is 11.9. The van der Waals surface area contributed by atoms with Gasteiger partial charge in [-0.2, -0.15) is 13.2 Å². The molecular weight excluding hydrogens is 441 g/mol. The standard InChI is InChI=1S/C22H19F3N4O4/c1-2-14(26-15-10-6-7-11-16(15)27-20(32)22(23,24)25)17-18(30)28-21(33)29(19(17)31)12-13-8-4-3-5-9-13/h3-11,31H,2,12H2,1H3,(H,27,32)(H,28,30,33). The molecule has 0 fully saturated rings. The summed E-state index contributed by atoms with van der Waals surface area (Å²) in [4.78, 5) is 42.5. The summed E-state index contributed by atoms with van der Waals surface area (Å²) in [6.45, 7) is 1.58. The van der Waals surface area contributed by atoms with Gasteiger partial charge in [-0.15, -0.1) is 0 Å². The van der Waals surface area contributed by atoms with Gasteiger partial charge in [-0.3, -0.25) is 24.1 Å². The molecule has 0 atom stereocenters. The Kier molecular flexibility index (Phi) is 6.80. The number of aromatic amines is 1. The fourth-order valence-electron chi connectivity index (χ4n) is 3.06. The summed E-state index contributed by atoms with van der Waals surface area (Å²) in [6.07, 6.45) is -5.02. The Balaban J connectivity index is 2.09. The van der Waals surface area contributed by atoms with Crippen LogP contribution in [0.5, 0.6) is 5.88 Å². The van der Waals surface area contributed by atoms with Gasteiger partial charge in [-0.25, -0.2) is 4.79 Å². The van der Waals surface area contributed by atoms with Gasteiger partial charge in [0.05, 0.1) is 23.6 Å². The molecule has 0 bridgehead atoms. The lowest BCUT2D eigenvalue weighted by Gasteiger charge is -2.14. The molecule has 3 aromatic rings. The fourth-order valence-corrected chi connectivity index (χ4v) is 3.06. The molecule has 0 aliphatic rings. The molecule has 0 aliphatic carbocycles. The molecule has 172 valence electrons. The average Bonchev–Trinajstić information content (AvgIpc) is 2.77. The lowest BCUT2D eigenvalue weighted by molar-refractivity contribution is -0.167. The van der Waals surface area contributed by atoms with Crippen molar-refractivity contribution < 1.29 is 23.1 Å². The molecule has 2 aromatic carbocycles. The molecule has 8 nitrogen and oxygen atoms in total. The zero-order valence-electron chi connectivity index (χ0n) is 17.3. The topological polar surface area (TPSA) is 117 Å². The second kappa shape index (κ2) is 9.55. The number of halogens is 3. The molecule has 0 saturated heterocycles. The Hall–Kier alpha value is -4.15. The zero-order chi connectivity index (χ0) is 24.2. The largest absolute Gasteiger partial charge is 0.494 e. The Labute approximate surface area is 185 Å². The molecule has 0 saturated carbocycles. The molecular formula is C22H19F3N4O4. The second-order valence-electron chi connectivity index (χ2n) is 6.91. The van der Waals surface area contributed by atoms with E-state index in [0.717, 1.165) is 4.57 Å². The molecule has 3 N–H and O–H groups in total. The predicted molar refractivity (Wildman–Crippen MR) is 116 cm³/mol. The van der Waals surface area contributed by atoms with Gasteiger partial charge < -0.3 is 10.4 Å². The van der Waals surface area contributed by atoms with Crippen LogP contribution in [0, 0.1) is 0 Å². The molecule has 0 radical (unpaired) electrons. The number of amides is 1. The summed E-state index contributed by atoms with van der Waals surface area (Å²) in [5, 5.41) is 12.5. The molecule has 0 aliphatic heterocycles. The maximum absolute atomic E-state index is 12.7. The number of anilines is 1. The monoisotopic (exact) mass is 460 g/mol. The maximum atomic E-state index is 12.7. The highest BCUT2D eigenvalue weighted by Crippen LogP contribution is 2.28. The van der Waals surface area contributed by atoms with Gasteiger partial charge in [0, 0.05) is 0 Å². The maximum Gasteiger partial charge on any atom is 0.471 e. The predicted octanol–water partition coefficient (Wildman–Crippen LogP) is 3.32. The average molecular weight is 460 g/mol. The van der Waals surface area contributed by atoms with Crippen LogP contribution in [0.25, 0.3) is 0 Å². The van der Waals surface area contributed by atoms with Gasteiger partial charge in [-0.1, -0.05) is 49.4 Å². The summed E-state index contributed by atoms with van der Waals surface area (Å²) < 4.78 is 39.0. The number of nitrogens with one attached hydrogen (secondary N) is 2. The third-order valence-electron chi connectivity index (χ3n) is 4.64. The molecule has 1 heterocycles. The number of aliphatic imine (C=N–C) groups is 1. The van der Waals surface area contributed by atoms with Gasteiger partial charge in [0.2, 0.25) is 5.88 Å². The number of hydrogen-bond acceptors (Lipinski definition) is 5. The van der Waals surface area contributed by atoms with Crippen molar-refractivity contribution in [1.29, 1.82) is 0 Å². The number of H-pyrrole nitrogens is 1. The van der Waals surface area contributed by atoms with E-state index in [0.29, 0.717) is 5.56 Å². The third kappa shape index (κ3) is 5.37. The van der Waals surface area contributed by atoms with E-state index >= 15 is 0 Å². The van der Waals surface area contributed by atoms with Crippen molar-refractivity contribution in [2.75, 3.05) is 5.32 Å². The number of para-hydroxylation sites is 2.